The number of nitrogens with two attached hydrogens (primary N) is 1. The van der Waals surface area contributed by atoms with E-state index in [1.807, 2.05) is 0 Å². The number of rotatable bonds is 3. The van der Waals surface area contributed by atoms with Crippen molar-refractivity contribution < 1.29 is 4.74 Å². The van der Waals surface area contributed by atoms with Gasteiger partial charge in [0.05, 0.1) is 5.60 Å². The zero-order valence-electron chi connectivity index (χ0n) is 11.3. The minimum atomic E-state index is 0.0430. The fourth-order valence-electron chi connectivity index (χ4n) is 3.44. The highest BCUT2D eigenvalue weighted by Crippen LogP contribution is 2.43. The predicted molar refractivity (Wildman–Crippen MR) is 75.5 cm³/mol. The minimum absolute atomic E-state index is 0.0430. The lowest BCUT2D eigenvalue weighted by atomic mass is 9.70. The number of ether oxygens (including phenoxy) is 1. The Morgan fingerprint density at radius 1 is 1.29 bits per heavy atom. The van der Waals surface area contributed by atoms with Gasteiger partial charge in [-0.3, -0.25) is 0 Å². The van der Waals surface area contributed by atoms with Crippen molar-refractivity contribution in [3.63, 3.8) is 0 Å². The van der Waals surface area contributed by atoms with Gasteiger partial charge in [0.1, 0.15) is 0 Å². The molecule has 2 heterocycles. The van der Waals surface area contributed by atoms with Crippen molar-refractivity contribution in [3.05, 3.63) is 0 Å². The summed E-state index contributed by atoms with van der Waals surface area (Å²) in [6.07, 6.45) is 7.02. The molecule has 3 heteroatoms. The Morgan fingerprint density at radius 3 is 2.53 bits per heavy atom. The molecular formula is C14H27NOS. The van der Waals surface area contributed by atoms with E-state index < -0.39 is 0 Å². The van der Waals surface area contributed by atoms with Gasteiger partial charge in [-0.15, -0.1) is 0 Å². The standard InChI is InChI=1S/C14H27NOS/c1-3-14(15,4-2)12-5-8-16-13(11-12)6-9-17-10-7-13/h12H,3-11,15H2,1-2H3. The van der Waals surface area contributed by atoms with Gasteiger partial charge >= 0.3 is 0 Å². The van der Waals surface area contributed by atoms with Crippen molar-refractivity contribution in [1.29, 1.82) is 0 Å². The first-order valence-corrected chi connectivity index (χ1v) is 8.30. The van der Waals surface area contributed by atoms with E-state index in [0.717, 1.165) is 25.9 Å². The molecule has 0 bridgehead atoms. The fraction of sp³-hybridized carbons (Fsp3) is 1.00. The molecule has 1 unspecified atom stereocenters. The summed E-state index contributed by atoms with van der Waals surface area (Å²) < 4.78 is 6.15. The summed E-state index contributed by atoms with van der Waals surface area (Å²) in [6.45, 7) is 5.40. The van der Waals surface area contributed by atoms with E-state index in [2.05, 4.69) is 25.6 Å². The summed E-state index contributed by atoms with van der Waals surface area (Å²) in [6, 6.07) is 0. The first-order valence-electron chi connectivity index (χ1n) is 7.15. The number of hydrogen-bond acceptors (Lipinski definition) is 3. The highest BCUT2D eigenvalue weighted by molar-refractivity contribution is 7.99. The smallest absolute Gasteiger partial charge is 0.0701 e. The largest absolute Gasteiger partial charge is 0.375 e. The van der Waals surface area contributed by atoms with Crippen LogP contribution in [0.5, 0.6) is 0 Å². The molecule has 17 heavy (non-hydrogen) atoms. The molecule has 2 nitrogen and oxygen atoms in total. The van der Waals surface area contributed by atoms with E-state index in [0.29, 0.717) is 5.92 Å². The average molecular weight is 257 g/mol. The summed E-state index contributed by atoms with van der Waals surface area (Å²) in [5, 5.41) is 0. The molecule has 1 atom stereocenters. The Morgan fingerprint density at radius 2 is 1.94 bits per heavy atom. The molecule has 2 aliphatic heterocycles. The molecule has 2 fully saturated rings. The van der Waals surface area contributed by atoms with Crippen molar-refractivity contribution >= 4 is 11.8 Å². The summed E-state index contributed by atoms with van der Waals surface area (Å²) in [5.74, 6) is 3.19. The van der Waals surface area contributed by atoms with Gasteiger partial charge in [0, 0.05) is 12.1 Å². The van der Waals surface area contributed by atoms with E-state index >= 15 is 0 Å². The summed E-state index contributed by atoms with van der Waals surface area (Å²) in [7, 11) is 0. The highest BCUT2D eigenvalue weighted by atomic mass is 32.2. The summed E-state index contributed by atoms with van der Waals surface area (Å²) >= 11 is 2.07. The van der Waals surface area contributed by atoms with Gasteiger partial charge in [-0.2, -0.15) is 11.8 Å². The number of hydrogen-bond donors (Lipinski definition) is 1. The second kappa shape index (κ2) is 5.50. The highest BCUT2D eigenvalue weighted by Gasteiger charge is 2.44. The van der Waals surface area contributed by atoms with Gasteiger partial charge in [-0.05, 0) is 55.9 Å². The van der Waals surface area contributed by atoms with Crippen molar-refractivity contribution in [1.82, 2.24) is 0 Å². The van der Waals surface area contributed by atoms with Crippen LogP contribution in [0, 0.1) is 5.92 Å². The van der Waals surface area contributed by atoms with Crippen molar-refractivity contribution in [2.45, 2.75) is 63.5 Å². The van der Waals surface area contributed by atoms with E-state index in [1.165, 1.54) is 30.8 Å². The van der Waals surface area contributed by atoms with Crippen LogP contribution in [0.3, 0.4) is 0 Å². The topological polar surface area (TPSA) is 35.2 Å². The van der Waals surface area contributed by atoms with Gasteiger partial charge in [0.15, 0.2) is 0 Å². The van der Waals surface area contributed by atoms with Crippen LogP contribution in [-0.4, -0.2) is 29.3 Å². The van der Waals surface area contributed by atoms with Crippen molar-refractivity contribution in [2.75, 3.05) is 18.1 Å². The molecular weight excluding hydrogens is 230 g/mol. The molecule has 0 saturated carbocycles. The Bertz CT molecular complexity index is 241. The van der Waals surface area contributed by atoms with Crippen LogP contribution in [0.4, 0.5) is 0 Å². The molecule has 0 aromatic carbocycles. The van der Waals surface area contributed by atoms with Gasteiger partial charge in [0.25, 0.3) is 0 Å². The Hall–Kier alpha value is 0.270. The van der Waals surface area contributed by atoms with Gasteiger partial charge in [-0.1, -0.05) is 13.8 Å². The first-order chi connectivity index (χ1) is 8.14. The molecule has 0 amide bonds. The maximum absolute atomic E-state index is 6.60. The fourth-order valence-corrected chi connectivity index (χ4v) is 4.67. The second-order valence-corrected chi connectivity index (χ2v) is 7.00. The normalized spacial score (nSPS) is 29.5. The van der Waals surface area contributed by atoms with Crippen LogP contribution in [0.15, 0.2) is 0 Å². The lowest BCUT2D eigenvalue weighted by molar-refractivity contribution is -0.114. The van der Waals surface area contributed by atoms with Gasteiger partial charge in [-0.25, -0.2) is 0 Å². The zero-order valence-corrected chi connectivity index (χ0v) is 12.2. The Balaban J connectivity index is 2.05. The van der Waals surface area contributed by atoms with E-state index in [1.54, 1.807) is 0 Å². The molecule has 2 N–H and O–H groups in total. The molecule has 2 aliphatic rings. The average Bonchev–Trinajstić information content (AvgIpc) is 2.39. The van der Waals surface area contributed by atoms with E-state index in [-0.39, 0.29) is 11.1 Å². The van der Waals surface area contributed by atoms with Crippen LogP contribution >= 0.6 is 11.8 Å². The van der Waals surface area contributed by atoms with Crippen LogP contribution in [0.25, 0.3) is 0 Å². The molecule has 0 aromatic heterocycles. The van der Waals surface area contributed by atoms with Crippen LogP contribution < -0.4 is 5.73 Å². The third kappa shape index (κ3) is 2.82. The Labute approximate surface area is 110 Å². The molecule has 0 radical (unpaired) electrons. The maximum Gasteiger partial charge on any atom is 0.0701 e. The third-order valence-corrected chi connectivity index (χ3v) is 6.01. The van der Waals surface area contributed by atoms with Crippen molar-refractivity contribution in [2.24, 2.45) is 11.7 Å². The number of thioether (sulfide) groups is 1. The summed E-state index contributed by atoms with van der Waals surface area (Å²) in [5.41, 5.74) is 6.83. The maximum atomic E-state index is 6.60. The van der Waals surface area contributed by atoms with E-state index in [9.17, 15) is 0 Å². The molecule has 0 aromatic rings. The lowest BCUT2D eigenvalue weighted by Gasteiger charge is -2.48. The van der Waals surface area contributed by atoms with E-state index in [4.69, 9.17) is 10.5 Å². The minimum Gasteiger partial charge on any atom is -0.375 e. The molecule has 2 rings (SSSR count). The lowest BCUT2D eigenvalue weighted by Crippen LogP contribution is -2.53. The monoisotopic (exact) mass is 257 g/mol. The van der Waals surface area contributed by atoms with Crippen LogP contribution in [-0.2, 0) is 4.74 Å². The van der Waals surface area contributed by atoms with Crippen LogP contribution in [0.2, 0.25) is 0 Å². The second-order valence-electron chi connectivity index (χ2n) is 5.77. The zero-order chi connectivity index (χ0) is 12.4. The first kappa shape index (κ1) is 13.7. The third-order valence-electron chi connectivity index (χ3n) is 5.03. The predicted octanol–water partition coefficient (Wildman–Crippen LogP) is 3.20. The van der Waals surface area contributed by atoms with Gasteiger partial charge < -0.3 is 10.5 Å². The van der Waals surface area contributed by atoms with Crippen LogP contribution in [0.1, 0.15) is 52.4 Å². The molecule has 100 valence electrons. The Kier molecular flexibility index (Phi) is 4.43. The SMILES string of the molecule is CCC(N)(CC)C1CCOC2(CCSCC2)C1. The molecule has 0 aliphatic carbocycles. The quantitative estimate of drug-likeness (QED) is 0.843. The summed E-state index contributed by atoms with van der Waals surface area (Å²) in [4.78, 5) is 0. The van der Waals surface area contributed by atoms with Gasteiger partial charge in [0.2, 0.25) is 0 Å². The van der Waals surface area contributed by atoms with Crippen molar-refractivity contribution in [3.8, 4) is 0 Å². The molecule has 2 saturated heterocycles. The molecule has 1 spiro atoms.